The number of para-hydroxylation sites is 1. The number of hydrogen-bond donors (Lipinski definition) is 1. The molecular formula is C20H23N2O3+. The first-order valence-corrected chi connectivity index (χ1v) is 9.19. The summed E-state index contributed by atoms with van der Waals surface area (Å²) in [7, 11) is 2.22. The van der Waals surface area contributed by atoms with Gasteiger partial charge >= 0.3 is 5.97 Å². The topological polar surface area (TPSA) is 59.2 Å². The van der Waals surface area contributed by atoms with Crippen LogP contribution in [0.5, 0.6) is 0 Å². The number of quaternary nitrogens is 1. The van der Waals surface area contributed by atoms with Crippen molar-refractivity contribution in [3.8, 4) is 0 Å². The predicted octanol–water partition coefficient (Wildman–Crippen LogP) is 2.66. The Morgan fingerprint density at radius 2 is 1.88 bits per heavy atom. The van der Waals surface area contributed by atoms with Gasteiger partial charge in [0.25, 0.3) is 0 Å². The summed E-state index contributed by atoms with van der Waals surface area (Å²) in [6.45, 7) is 0.670. The molecule has 0 radical (unpaired) electrons. The standard InChI is InChI=1S/C20H22N2O3/c1-22-11-19(23)12-6-13(22)8-15(9-14(22)7-12)25-20(24)17-10-21-18-5-3-2-4-16(17)18/h2-5,10,12-15H,6-9,11H2,1H3/p+1. The second-order valence-electron chi connectivity index (χ2n) is 8.19. The number of hydrogen-bond acceptors (Lipinski definition) is 3. The molecule has 2 aromatic rings. The molecule has 130 valence electrons. The monoisotopic (exact) mass is 339 g/mol. The van der Waals surface area contributed by atoms with E-state index in [0.717, 1.165) is 41.1 Å². The highest BCUT2D eigenvalue weighted by atomic mass is 16.5. The molecule has 4 fully saturated rings. The summed E-state index contributed by atoms with van der Waals surface area (Å²) >= 11 is 0. The van der Waals surface area contributed by atoms with Gasteiger partial charge in [0.05, 0.1) is 24.7 Å². The Labute approximate surface area is 146 Å². The zero-order valence-electron chi connectivity index (χ0n) is 14.4. The molecule has 4 saturated heterocycles. The maximum atomic E-state index is 12.7. The molecule has 0 spiro atoms. The maximum Gasteiger partial charge on any atom is 0.340 e. The number of carbonyl (C=O) groups is 2. The van der Waals surface area contributed by atoms with E-state index >= 15 is 0 Å². The molecule has 1 N–H and O–H groups in total. The van der Waals surface area contributed by atoms with Crippen LogP contribution in [0, 0.1) is 5.92 Å². The lowest BCUT2D eigenvalue weighted by atomic mass is 9.69. The van der Waals surface area contributed by atoms with Crippen molar-refractivity contribution in [1.82, 2.24) is 4.98 Å². The largest absolute Gasteiger partial charge is 0.458 e. The number of ether oxygens (including phenoxy) is 1. The van der Waals surface area contributed by atoms with Crippen molar-refractivity contribution in [2.45, 2.75) is 43.9 Å². The summed E-state index contributed by atoms with van der Waals surface area (Å²) in [5, 5.41) is 0.913. The van der Waals surface area contributed by atoms with Crippen molar-refractivity contribution in [3.63, 3.8) is 0 Å². The van der Waals surface area contributed by atoms with Gasteiger partial charge in [-0.15, -0.1) is 0 Å². The quantitative estimate of drug-likeness (QED) is 0.676. The van der Waals surface area contributed by atoms with Crippen molar-refractivity contribution in [2.24, 2.45) is 5.92 Å². The first-order chi connectivity index (χ1) is 12.0. The lowest BCUT2D eigenvalue weighted by molar-refractivity contribution is -0.966. The van der Waals surface area contributed by atoms with Gasteiger partial charge in [0.2, 0.25) is 0 Å². The van der Waals surface area contributed by atoms with Crippen LogP contribution in [-0.4, -0.2) is 53.0 Å². The number of ketones is 1. The van der Waals surface area contributed by atoms with Gasteiger partial charge in [0.15, 0.2) is 5.78 Å². The fourth-order valence-corrected chi connectivity index (χ4v) is 5.45. The van der Waals surface area contributed by atoms with Crippen LogP contribution in [0.2, 0.25) is 0 Å². The van der Waals surface area contributed by atoms with Crippen LogP contribution in [0.25, 0.3) is 10.9 Å². The first kappa shape index (κ1) is 15.1. The normalized spacial score (nSPS) is 36.6. The Hall–Kier alpha value is -2.14. The molecule has 4 aliphatic rings. The molecule has 2 unspecified atom stereocenters. The number of benzene rings is 1. The Bertz CT molecular complexity index is 855. The number of fused-ring (bicyclic) bond motifs is 2. The van der Waals surface area contributed by atoms with E-state index in [-0.39, 0.29) is 18.0 Å². The number of nitrogens with one attached hydrogen (secondary N) is 1. The molecule has 6 rings (SSSR count). The van der Waals surface area contributed by atoms with Crippen LogP contribution in [0.4, 0.5) is 0 Å². The van der Waals surface area contributed by atoms with Crippen LogP contribution < -0.4 is 0 Å². The minimum atomic E-state index is -0.235. The van der Waals surface area contributed by atoms with Gasteiger partial charge in [-0.1, -0.05) is 18.2 Å². The summed E-state index contributed by atoms with van der Waals surface area (Å²) in [6.07, 6.45) is 5.40. The van der Waals surface area contributed by atoms with E-state index in [2.05, 4.69) is 12.0 Å². The van der Waals surface area contributed by atoms with E-state index in [1.54, 1.807) is 6.20 Å². The molecule has 0 saturated carbocycles. The number of aromatic amines is 1. The molecule has 1 aromatic heterocycles. The number of likely N-dealkylation sites (N-methyl/N-ethyl adjacent to an activating group) is 1. The highest BCUT2D eigenvalue weighted by Gasteiger charge is 2.58. The highest BCUT2D eigenvalue weighted by molar-refractivity contribution is 6.04. The van der Waals surface area contributed by atoms with E-state index in [1.165, 1.54) is 0 Å². The maximum absolute atomic E-state index is 12.7. The third kappa shape index (κ3) is 2.18. The molecule has 5 heteroatoms. The van der Waals surface area contributed by atoms with Gasteiger partial charge < -0.3 is 14.2 Å². The zero-order chi connectivity index (χ0) is 17.2. The second kappa shape index (κ2) is 5.18. The van der Waals surface area contributed by atoms with Gasteiger partial charge in [0, 0.05) is 48.7 Å². The summed E-state index contributed by atoms with van der Waals surface area (Å²) in [4.78, 5) is 28.0. The smallest absolute Gasteiger partial charge is 0.340 e. The van der Waals surface area contributed by atoms with E-state index in [0.29, 0.717) is 30.0 Å². The number of aromatic nitrogens is 1. The molecule has 5 nitrogen and oxygen atoms in total. The molecule has 4 bridgehead atoms. The third-order valence-electron chi connectivity index (χ3n) is 6.89. The predicted molar refractivity (Wildman–Crippen MR) is 93.1 cm³/mol. The molecule has 2 atom stereocenters. The zero-order valence-corrected chi connectivity index (χ0v) is 14.4. The summed E-state index contributed by atoms with van der Waals surface area (Å²) in [6, 6.07) is 8.70. The van der Waals surface area contributed by atoms with Crippen molar-refractivity contribution < 1.29 is 18.8 Å². The molecule has 1 aromatic carbocycles. The fourth-order valence-electron chi connectivity index (χ4n) is 5.45. The lowest BCUT2D eigenvalue weighted by Crippen LogP contribution is -2.73. The van der Waals surface area contributed by atoms with Gasteiger partial charge in [0.1, 0.15) is 12.6 Å². The number of rotatable bonds is 2. The van der Waals surface area contributed by atoms with Gasteiger partial charge in [-0.3, -0.25) is 4.79 Å². The van der Waals surface area contributed by atoms with E-state index < -0.39 is 0 Å². The van der Waals surface area contributed by atoms with Crippen molar-refractivity contribution >= 4 is 22.7 Å². The van der Waals surface area contributed by atoms with Crippen LogP contribution in [-0.2, 0) is 9.53 Å². The summed E-state index contributed by atoms with van der Waals surface area (Å²) in [5.41, 5.74) is 1.57. The number of piperidine rings is 4. The number of esters is 1. The van der Waals surface area contributed by atoms with Gasteiger partial charge in [-0.2, -0.15) is 0 Å². The number of nitrogens with zero attached hydrogens (tertiary/aromatic N) is 1. The average molecular weight is 339 g/mol. The van der Waals surface area contributed by atoms with Crippen LogP contribution >= 0.6 is 0 Å². The average Bonchev–Trinajstić information content (AvgIpc) is 2.99. The van der Waals surface area contributed by atoms with Gasteiger partial charge in [-0.05, 0) is 6.07 Å². The number of H-pyrrole nitrogens is 1. The molecule has 4 aliphatic heterocycles. The van der Waals surface area contributed by atoms with Crippen LogP contribution in [0.15, 0.2) is 30.5 Å². The number of Topliss-reactive ketones (excluding diaryl/α,β-unsaturated/α-hetero) is 1. The third-order valence-corrected chi connectivity index (χ3v) is 6.89. The molecule has 0 aliphatic carbocycles. The lowest BCUT2D eigenvalue weighted by Gasteiger charge is -2.59. The summed E-state index contributed by atoms with van der Waals surface area (Å²) < 4.78 is 6.78. The van der Waals surface area contributed by atoms with E-state index in [9.17, 15) is 9.59 Å². The van der Waals surface area contributed by atoms with Gasteiger partial charge in [-0.25, -0.2) is 4.79 Å². The minimum Gasteiger partial charge on any atom is -0.458 e. The second-order valence-corrected chi connectivity index (χ2v) is 8.19. The Balaban J connectivity index is 1.35. The molecular weight excluding hydrogens is 316 g/mol. The number of carbonyl (C=O) groups excluding carboxylic acids is 2. The van der Waals surface area contributed by atoms with E-state index in [4.69, 9.17) is 4.74 Å². The van der Waals surface area contributed by atoms with E-state index in [1.807, 2.05) is 24.3 Å². The first-order valence-electron chi connectivity index (χ1n) is 9.19. The summed E-state index contributed by atoms with van der Waals surface area (Å²) in [5.74, 6) is 0.450. The van der Waals surface area contributed by atoms with Crippen molar-refractivity contribution in [3.05, 3.63) is 36.0 Å². The van der Waals surface area contributed by atoms with Crippen LogP contribution in [0.3, 0.4) is 0 Å². The molecule has 0 amide bonds. The minimum absolute atomic E-state index is 0.0310. The molecule has 5 heterocycles. The molecule has 25 heavy (non-hydrogen) atoms. The SMILES string of the molecule is C[N+]12CC(=O)C3CC1CC(OC(=O)c1c[nH]c4ccccc14)CC2C3. The van der Waals surface area contributed by atoms with Crippen molar-refractivity contribution in [2.75, 3.05) is 13.6 Å². The Morgan fingerprint density at radius 3 is 2.64 bits per heavy atom. The Kier molecular flexibility index (Phi) is 3.14. The highest BCUT2D eigenvalue weighted by Crippen LogP contribution is 2.46. The Morgan fingerprint density at radius 1 is 1.16 bits per heavy atom. The fraction of sp³-hybridized carbons (Fsp3) is 0.500. The van der Waals surface area contributed by atoms with Crippen molar-refractivity contribution in [1.29, 1.82) is 0 Å². The van der Waals surface area contributed by atoms with Crippen LogP contribution in [0.1, 0.15) is 36.0 Å².